The van der Waals surface area contributed by atoms with Gasteiger partial charge in [-0.1, -0.05) is 22.9 Å². The first-order valence-corrected chi connectivity index (χ1v) is 5.90. The smallest absolute Gasteiger partial charge is 0.240 e. The number of aromatic nitrogens is 2. The fourth-order valence-electron chi connectivity index (χ4n) is 1.97. The number of rotatable bonds is 4. The van der Waals surface area contributed by atoms with Crippen molar-refractivity contribution in [2.75, 3.05) is 11.9 Å². The van der Waals surface area contributed by atoms with Crippen LogP contribution >= 0.6 is 0 Å². The number of hydrogen-bond acceptors (Lipinski definition) is 5. The highest BCUT2D eigenvalue weighted by Gasteiger charge is 2.10. The van der Waals surface area contributed by atoms with Crippen molar-refractivity contribution in [3.8, 4) is 0 Å². The fourth-order valence-corrected chi connectivity index (χ4v) is 1.97. The molecule has 96 valence electrons. The molecule has 0 unspecified atom stereocenters. The zero-order valence-electron chi connectivity index (χ0n) is 11.0. The van der Waals surface area contributed by atoms with Gasteiger partial charge in [0.1, 0.15) is 0 Å². The van der Waals surface area contributed by atoms with Gasteiger partial charge in [0.15, 0.2) is 5.82 Å². The number of nitrogens with two attached hydrogens (primary N) is 1. The molecule has 18 heavy (non-hydrogen) atoms. The molecule has 1 heterocycles. The highest BCUT2D eigenvalue weighted by Crippen LogP contribution is 2.21. The van der Waals surface area contributed by atoms with Crippen molar-refractivity contribution in [1.82, 2.24) is 10.1 Å². The molecule has 2 aromatic rings. The summed E-state index contributed by atoms with van der Waals surface area (Å²) in [5.41, 5.74) is 9.10. The molecule has 0 aliphatic rings. The Hall–Kier alpha value is -1.88. The maximum absolute atomic E-state index is 5.44. The maximum Gasteiger partial charge on any atom is 0.240 e. The summed E-state index contributed by atoms with van der Waals surface area (Å²) in [4.78, 5) is 6.29. The minimum absolute atomic E-state index is 0.278. The first-order valence-electron chi connectivity index (χ1n) is 5.90. The van der Waals surface area contributed by atoms with Crippen LogP contribution < -0.4 is 10.6 Å². The van der Waals surface area contributed by atoms with Gasteiger partial charge in [-0.25, -0.2) is 0 Å². The molecule has 2 rings (SSSR count). The molecule has 0 radical (unpaired) electrons. The molecule has 0 amide bonds. The van der Waals surface area contributed by atoms with Crippen LogP contribution in [-0.2, 0) is 13.1 Å². The second kappa shape index (κ2) is 5.18. The zero-order chi connectivity index (χ0) is 13.1. The topological polar surface area (TPSA) is 68.2 Å². The van der Waals surface area contributed by atoms with E-state index in [2.05, 4.69) is 47.1 Å². The monoisotopic (exact) mass is 246 g/mol. The highest BCUT2D eigenvalue weighted by atomic mass is 16.5. The first kappa shape index (κ1) is 12.6. The molecular weight excluding hydrogens is 228 g/mol. The second-order valence-electron chi connectivity index (χ2n) is 4.45. The van der Waals surface area contributed by atoms with Gasteiger partial charge in [0.05, 0.1) is 13.1 Å². The Balaban J connectivity index is 2.13. The second-order valence-corrected chi connectivity index (χ2v) is 4.45. The van der Waals surface area contributed by atoms with Crippen molar-refractivity contribution in [1.29, 1.82) is 0 Å². The van der Waals surface area contributed by atoms with Gasteiger partial charge < -0.3 is 15.2 Å². The summed E-state index contributed by atoms with van der Waals surface area (Å²) in [6.45, 7) is 5.07. The molecule has 0 saturated carbocycles. The van der Waals surface area contributed by atoms with Crippen LogP contribution in [0.4, 0.5) is 5.69 Å². The van der Waals surface area contributed by atoms with Gasteiger partial charge in [-0.05, 0) is 25.5 Å². The Morgan fingerprint density at radius 1 is 1.33 bits per heavy atom. The molecule has 0 atom stereocenters. The van der Waals surface area contributed by atoms with E-state index in [1.165, 1.54) is 16.8 Å². The molecule has 5 nitrogen and oxygen atoms in total. The third-order valence-corrected chi connectivity index (χ3v) is 2.83. The molecule has 2 N–H and O–H groups in total. The van der Waals surface area contributed by atoms with Gasteiger partial charge in [0.25, 0.3) is 0 Å². The lowest BCUT2D eigenvalue weighted by atomic mass is 10.1. The Labute approximate surface area is 107 Å². The van der Waals surface area contributed by atoms with Gasteiger partial charge in [0.2, 0.25) is 5.89 Å². The van der Waals surface area contributed by atoms with Crippen LogP contribution in [0.3, 0.4) is 0 Å². The first-order chi connectivity index (χ1) is 8.60. The number of aryl methyl sites for hydroxylation is 2. The lowest BCUT2D eigenvalue weighted by molar-refractivity contribution is 0.374. The van der Waals surface area contributed by atoms with E-state index in [4.69, 9.17) is 10.3 Å². The van der Waals surface area contributed by atoms with Crippen molar-refractivity contribution < 1.29 is 4.52 Å². The lowest BCUT2D eigenvalue weighted by Gasteiger charge is -2.19. The summed E-state index contributed by atoms with van der Waals surface area (Å²) in [6, 6.07) is 6.36. The largest absolute Gasteiger partial charge is 0.367 e. The van der Waals surface area contributed by atoms with E-state index < -0.39 is 0 Å². The van der Waals surface area contributed by atoms with Crippen molar-refractivity contribution in [3.63, 3.8) is 0 Å². The van der Waals surface area contributed by atoms with Gasteiger partial charge in [-0.15, -0.1) is 0 Å². The predicted octanol–water partition coefficient (Wildman–Crippen LogP) is 1.78. The average molecular weight is 246 g/mol. The molecule has 0 saturated heterocycles. The van der Waals surface area contributed by atoms with E-state index in [9.17, 15) is 0 Å². The SMILES string of the molecule is Cc1ccc(N(C)Cc2noc(CN)n2)c(C)c1. The molecule has 0 aliphatic carbocycles. The predicted molar refractivity (Wildman–Crippen MR) is 70.2 cm³/mol. The van der Waals surface area contributed by atoms with E-state index in [-0.39, 0.29) is 6.54 Å². The highest BCUT2D eigenvalue weighted by molar-refractivity contribution is 5.53. The van der Waals surface area contributed by atoms with E-state index >= 15 is 0 Å². The summed E-state index contributed by atoms with van der Waals surface area (Å²) in [6.07, 6.45) is 0. The fraction of sp³-hybridized carbons (Fsp3) is 0.385. The molecule has 1 aromatic heterocycles. The molecule has 0 fully saturated rings. The van der Waals surface area contributed by atoms with Crippen LogP contribution in [0.5, 0.6) is 0 Å². The van der Waals surface area contributed by atoms with Crippen LogP contribution in [0.1, 0.15) is 22.8 Å². The van der Waals surface area contributed by atoms with Crippen molar-refractivity contribution in [2.45, 2.75) is 26.9 Å². The normalized spacial score (nSPS) is 10.7. The summed E-state index contributed by atoms with van der Waals surface area (Å²) < 4.78 is 4.99. The minimum Gasteiger partial charge on any atom is -0.367 e. The van der Waals surface area contributed by atoms with Gasteiger partial charge in [-0.2, -0.15) is 4.98 Å². The molecule has 0 spiro atoms. The van der Waals surface area contributed by atoms with Crippen molar-refractivity contribution in [3.05, 3.63) is 41.0 Å². The Kier molecular flexibility index (Phi) is 3.62. The summed E-state index contributed by atoms with van der Waals surface area (Å²) in [5, 5.41) is 3.89. The summed E-state index contributed by atoms with van der Waals surface area (Å²) in [5.74, 6) is 1.12. The summed E-state index contributed by atoms with van der Waals surface area (Å²) >= 11 is 0. The standard InChI is InChI=1S/C13H18N4O/c1-9-4-5-11(10(2)6-9)17(3)8-12-15-13(7-14)18-16-12/h4-6H,7-8,14H2,1-3H3. The van der Waals surface area contributed by atoms with Gasteiger partial charge in [-0.3, -0.25) is 0 Å². The Bertz CT molecular complexity index is 536. The number of anilines is 1. The maximum atomic E-state index is 5.44. The number of nitrogens with zero attached hydrogens (tertiary/aromatic N) is 3. The van der Waals surface area contributed by atoms with Crippen LogP contribution in [0.2, 0.25) is 0 Å². The molecular formula is C13H18N4O. The van der Waals surface area contributed by atoms with Gasteiger partial charge >= 0.3 is 0 Å². The van der Waals surface area contributed by atoms with E-state index in [0.29, 0.717) is 18.3 Å². The van der Waals surface area contributed by atoms with Crippen molar-refractivity contribution >= 4 is 5.69 Å². The Morgan fingerprint density at radius 2 is 2.11 bits per heavy atom. The lowest BCUT2D eigenvalue weighted by Crippen LogP contribution is -2.18. The summed E-state index contributed by atoms with van der Waals surface area (Å²) in [7, 11) is 2.01. The van der Waals surface area contributed by atoms with Crippen LogP contribution in [-0.4, -0.2) is 17.2 Å². The quantitative estimate of drug-likeness (QED) is 0.890. The van der Waals surface area contributed by atoms with E-state index in [1.807, 2.05) is 7.05 Å². The van der Waals surface area contributed by atoms with Crippen LogP contribution in [0.15, 0.2) is 22.7 Å². The van der Waals surface area contributed by atoms with Crippen LogP contribution in [0, 0.1) is 13.8 Å². The minimum atomic E-state index is 0.278. The van der Waals surface area contributed by atoms with Gasteiger partial charge in [0, 0.05) is 12.7 Å². The molecule has 1 aromatic carbocycles. The van der Waals surface area contributed by atoms with Crippen LogP contribution in [0.25, 0.3) is 0 Å². The molecule has 0 aliphatic heterocycles. The Morgan fingerprint density at radius 3 is 2.72 bits per heavy atom. The number of benzene rings is 1. The van der Waals surface area contributed by atoms with E-state index in [0.717, 1.165) is 0 Å². The molecule has 0 bridgehead atoms. The average Bonchev–Trinajstić information content (AvgIpc) is 2.76. The third-order valence-electron chi connectivity index (χ3n) is 2.83. The zero-order valence-corrected chi connectivity index (χ0v) is 11.0. The number of hydrogen-bond donors (Lipinski definition) is 1. The van der Waals surface area contributed by atoms with E-state index in [1.54, 1.807) is 0 Å². The molecule has 5 heteroatoms. The third kappa shape index (κ3) is 2.68. The van der Waals surface area contributed by atoms with Crippen molar-refractivity contribution in [2.24, 2.45) is 5.73 Å².